The summed E-state index contributed by atoms with van der Waals surface area (Å²) in [4.78, 5) is 12.4. The number of allylic oxidation sites excluding steroid dienone is 8. The van der Waals surface area contributed by atoms with Crippen LogP contribution in [0.2, 0.25) is 0 Å². The van der Waals surface area contributed by atoms with Crippen molar-refractivity contribution in [1.29, 1.82) is 0 Å². The second kappa shape index (κ2) is 36.7. The molecule has 0 saturated carbocycles. The number of nitrogens with zero attached hydrogens (tertiary/aromatic N) is 1. The Hall–Kier alpha value is -1.61. The Bertz CT molecular complexity index is 739. The second-order valence-corrected chi connectivity index (χ2v) is 15.4. The number of ether oxygens (including phenoxy) is 1. The lowest BCUT2D eigenvalue weighted by atomic mass is 9.94. The van der Waals surface area contributed by atoms with Gasteiger partial charge in [0, 0.05) is 6.42 Å². The van der Waals surface area contributed by atoms with Crippen molar-refractivity contribution in [3.05, 3.63) is 48.6 Å². The van der Waals surface area contributed by atoms with Gasteiger partial charge in [-0.2, -0.15) is 0 Å². The minimum Gasteiger partial charge on any atom is -0.465 e. The molecule has 0 saturated heterocycles. The number of carbonyl (C=O) groups excluding carboxylic acids is 1. The lowest BCUT2D eigenvalue weighted by molar-refractivity contribution is -0.870. The number of carbonyl (C=O) groups is 1. The van der Waals surface area contributed by atoms with Crippen molar-refractivity contribution in [2.75, 3.05) is 34.3 Å². The van der Waals surface area contributed by atoms with Gasteiger partial charge in [0.05, 0.1) is 40.7 Å². The van der Waals surface area contributed by atoms with E-state index in [4.69, 9.17) is 4.74 Å². The molecule has 0 heterocycles. The topological polar surface area (TPSA) is 26.3 Å². The highest BCUT2D eigenvalue weighted by Gasteiger charge is 2.14. The number of hydrogen-bond acceptors (Lipinski definition) is 2. The van der Waals surface area contributed by atoms with Crippen molar-refractivity contribution in [2.45, 2.75) is 194 Å². The van der Waals surface area contributed by atoms with E-state index in [1.807, 2.05) is 0 Å². The standard InChI is InChI=1S/C45H84NO2/c1-6-8-10-12-14-16-18-20-22-24-26-28-30-32-34-36-39-44(43-48-45(47)41-38-42-46(3,4)5)40-37-35-33-31-29-27-25-23-21-19-17-15-13-11-9-7-2/h14-17,20-23,44H,6-13,18-19,24-43H2,1-5H3/q+1. The Kier molecular flexibility index (Phi) is 35.4. The maximum Gasteiger partial charge on any atom is 0.306 e. The van der Waals surface area contributed by atoms with Gasteiger partial charge in [0.1, 0.15) is 0 Å². The van der Waals surface area contributed by atoms with E-state index in [2.05, 4.69) is 83.6 Å². The fourth-order valence-corrected chi connectivity index (χ4v) is 6.13. The van der Waals surface area contributed by atoms with Crippen LogP contribution in [0.5, 0.6) is 0 Å². The van der Waals surface area contributed by atoms with Crippen LogP contribution in [0.4, 0.5) is 0 Å². The Balaban J connectivity index is 4.11. The van der Waals surface area contributed by atoms with E-state index in [-0.39, 0.29) is 5.97 Å². The van der Waals surface area contributed by atoms with Gasteiger partial charge in [0.25, 0.3) is 0 Å². The molecule has 3 nitrogen and oxygen atoms in total. The summed E-state index contributed by atoms with van der Waals surface area (Å²) in [6.45, 7) is 6.17. The Morgan fingerprint density at radius 2 is 0.875 bits per heavy atom. The van der Waals surface area contributed by atoms with Gasteiger partial charge in [0.2, 0.25) is 0 Å². The molecule has 0 radical (unpaired) electrons. The molecule has 0 atom stereocenters. The van der Waals surface area contributed by atoms with Crippen molar-refractivity contribution < 1.29 is 14.0 Å². The van der Waals surface area contributed by atoms with Gasteiger partial charge in [-0.25, -0.2) is 0 Å². The molecule has 0 fully saturated rings. The predicted molar refractivity (Wildman–Crippen MR) is 215 cm³/mol. The fraction of sp³-hybridized carbons (Fsp3) is 0.800. The molecule has 0 aromatic rings. The van der Waals surface area contributed by atoms with Gasteiger partial charge < -0.3 is 9.22 Å². The van der Waals surface area contributed by atoms with E-state index in [1.165, 1.54) is 154 Å². The third kappa shape index (κ3) is 38.8. The number of unbranched alkanes of at least 4 members (excludes halogenated alkanes) is 18. The maximum absolute atomic E-state index is 12.4. The molecule has 0 unspecified atom stereocenters. The molecule has 3 heteroatoms. The largest absolute Gasteiger partial charge is 0.465 e. The normalized spacial score (nSPS) is 13.2. The first kappa shape index (κ1) is 46.4. The molecule has 0 N–H and O–H groups in total. The van der Waals surface area contributed by atoms with Gasteiger partial charge in [-0.05, 0) is 83.0 Å². The number of hydrogen-bond donors (Lipinski definition) is 0. The van der Waals surface area contributed by atoms with Crippen LogP contribution >= 0.6 is 0 Å². The van der Waals surface area contributed by atoms with E-state index in [0.29, 0.717) is 18.9 Å². The molecule has 0 aromatic heterocycles. The predicted octanol–water partition coefficient (Wildman–Crippen LogP) is 14.0. The summed E-state index contributed by atoms with van der Waals surface area (Å²) in [7, 11) is 6.55. The summed E-state index contributed by atoms with van der Waals surface area (Å²) in [6.07, 6.45) is 53.6. The van der Waals surface area contributed by atoms with E-state index in [1.54, 1.807) is 0 Å². The van der Waals surface area contributed by atoms with E-state index < -0.39 is 0 Å². The van der Waals surface area contributed by atoms with Crippen LogP contribution in [0.3, 0.4) is 0 Å². The van der Waals surface area contributed by atoms with E-state index >= 15 is 0 Å². The molecule has 0 bridgehead atoms. The lowest BCUT2D eigenvalue weighted by Gasteiger charge is -2.23. The van der Waals surface area contributed by atoms with E-state index in [0.717, 1.165) is 30.3 Å². The number of esters is 1. The van der Waals surface area contributed by atoms with Crippen molar-refractivity contribution >= 4 is 5.97 Å². The molecular formula is C45H84NO2+. The third-order valence-corrected chi connectivity index (χ3v) is 9.32. The van der Waals surface area contributed by atoms with Crippen LogP contribution < -0.4 is 0 Å². The van der Waals surface area contributed by atoms with Gasteiger partial charge in [-0.15, -0.1) is 0 Å². The minimum absolute atomic E-state index is 0.00235. The molecule has 48 heavy (non-hydrogen) atoms. The molecule has 0 spiro atoms. The Morgan fingerprint density at radius 3 is 1.27 bits per heavy atom. The van der Waals surface area contributed by atoms with Crippen LogP contribution in [0, 0.1) is 5.92 Å². The zero-order valence-corrected chi connectivity index (χ0v) is 33.2. The minimum atomic E-state index is 0.00235. The highest BCUT2D eigenvalue weighted by Crippen LogP contribution is 2.20. The Labute approximate surface area is 301 Å². The highest BCUT2D eigenvalue weighted by atomic mass is 16.5. The van der Waals surface area contributed by atoms with Gasteiger partial charge in [0.15, 0.2) is 0 Å². The first-order valence-electron chi connectivity index (χ1n) is 20.9. The van der Waals surface area contributed by atoms with E-state index in [9.17, 15) is 4.79 Å². The molecule has 0 amide bonds. The van der Waals surface area contributed by atoms with Crippen LogP contribution in [-0.4, -0.2) is 44.7 Å². The van der Waals surface area contributed by atoms with Gasteiger partial charge >= 0.3 is 5.97 Å². The first-order valence-corrected chi connectivity index (χ1v) is 20.9. The van der Waals surface area contributed by atoms with Crippen LogP contribution in [0.1, 0.15) is 194 Å². The number of rotatable bonds is 36. The summed E-state index contributed by atoms with van der Waals surface area (Å²) in [6, 6.07) is 0. The van der Waals surface area contributed by atoms with Crippen molar-refractivity contribution in [2.24, 2.45) is 5.92 Å². The summed E-state index contributed by atoms with van der Waals surface area (Å²) in [5.41, 5.74) is 0. The van der Waals surface area contributed by atoms with Crippen molar-refractivity contribution in [1.82, 2.24) is 0 Å². The SMILES string of the molecule is CCCCCC=CCC=CCCCCCCCCC(CCCCCCCCC=CCC=CCCCCC)COC(=O)CCC[N+](C)(C)C. The van der Waals surface area contributed by atoms with Gasteiger partial charge in [-0.3, -0.25) is 4.79 Å². The van der Waals surface area contributed by atoms with Crippen LogP contribution in [-0.2, 0) is 9.53 Å². The molecule has 0 aromatic carbocycles. The maximum atomic E-state index is 12.4. The molecule has 280 valence electrons. The summed E-state index contributed by atoms with van der Waals surface area (Å²) in [5.74, 6) is 0.534. The molecule has 0 aliphatic heterocycles. The molecule has 0 aliphatic rings. The second-order valence-electron chi connectivity index (χ2n) is 15.4. The summed E-state index contributed by atoms with van der Waals surface area (Å²) < 4.78 is 6.71. The zero-order chi connectivity index (χ0) is 35.2. The first-order chi connectivity index (χ1) is 23.4. The van der Waals surface area contributed by atoms with Crippen molar-refractivity contribution in [3.8, 4) is 0 Å². The number of quaternary nitrogens is 1. The third-order valence-electron chi connectivity index (χ3n) is 9.32. The molecule has 0 rings (SSSR count). The van der Waals surface area contributed by atoms with Gasteiger partial charge in [-0.1, -0.05) is 152 Å². The van der Waals surface area contributed by atoms with Crippen molar-refractivity contribution in [3.63, 3.8) is 0 Å². The summed E-state index contributed by atoms with van der Waals surface area (Å²) in [5, 5.41) is 0. The Morgan fingerprint density at radius 1 is 0.500 bits per heavy atom. The molecule has 0 aliphatic carbocycles. The zero-order valence-electron chi connectivity index (χ0n) is 33.2. The smallest absolute Gasteiger partial charge is 0.306 e. The monoisotopic (exact) mass is 671 g/mol. The van der Waals surface area contributed by atoms with Crippen LogP contribution in [0.15, 0.2) is 48.6 Å². The quantitative estimate of drug-likeness (QED) is 0.0287. The average Bonchev–Trinajstić information content (AvgIpc) is 3.05. The lowest BCUT2D eigenvalue weighted by Crippen LogP contribution is -2.35. The molecular weight excluding hydrogens is 587 g/mol. The van der Waals surface area contributed by atoms with Crippen LogP contribution in [0.25, 0.3) is 0 Å². The summed E-state index contributed by atoms with van der Waals surface area (Å²) >= 11 is 0. The highest BCUT2D eigenvalue weighted by molar-refractivity contribution is 5.69. The fourth-order valence-electron chi connectivity index (χ4n) is 6.13. The average molecular weight is 671 g/mol.